The highest BCUT2D eigenvalue weighted by Gasteiger charge is 2.25. The first-order chi connectivity index (χ1) is 13.6. The smallest absolute Gasteiger partial charge is 0.314 e. The first-order valence-electron chi connectivity index (χ1n) is 10.2. The number of nitrogens with zero attached hydrogens (tertiary/aromatic N) is 1. The van der Waals surface area contributed by atoms with Crippen LogP contribution in [0, 0.1) is 5.92 Å². The highest BCUT2D eigenvalue weighted by Crippen LogP contribution is 2.38. The van der Waals surface area contributed by atoms with Gasteiger partial charge in [0.2, 0.25) is 5.91 Å². The summed E-state index contributed by atoms with van der Waals surface area (Å²) in [6.45, 7) is 1.80. The largest absolute Gasteiger partial charge is 0.425 e. The predicted octanol–water partition coefficient (Wildman–Crippen LogP) is 4.02. The molecule has 0 spiro atoms. The van der Waals surface area contributed by atoms with Crippen molar-refractivity contribution in [3.63, 3.8) is 0 Å². The molecule has 0 saturated carbocycles. The van der Waals surface area contributed by atoms with E-state index >= 15 is 0 Å². The summed E-state index contributed by atoms with van der Waals surface area (Å²) in [4.78, 5) is 28.8. The number of carbonyl (C=O) groups is 2. The zero-order valence-electron chi connectivity index (χ0n) is 16.3. The predicted molar refractivity (Wildman–Crippen MR) is 107 cm³/mol. The summed E-state index contributed by atoms with van der Waals surface area (Å²) in [6, 6.07) is 5.77. The summed E-state index contributed by atoms with van der Waals surface area (Å²) in [5.74, 6) is -0.268. The van der Waals surface area contributed by atoms with E-state index in [-0.39, 0.29) is 17.8 Å². The van der Waals surface area contributed by atoms with Crippen molar-refractivity contribution < 1.29 is 14.3 Å². The topological polar surface area (TPSA) is 68.3 Å². The highest BCUT2D eigenvalue weighted by atomic mass is 16.5. The van der Waals surface area contributed by atoms with E-state index in [1.54, 1.807) is 25.3 Å². The van der Waals surface area contributed by atoms with Gasteiger partial charge in [0.25, 0.3) is 0 Å². The maximum atomic E-state index is 12.6. The molecule has 28 heavy (non-hydrogen) atoms. The first-order valence-corrected chi connectivity index (χ1v) is 10.2. The van der Waals surface area contributed by atoms with Crippen LogP contribution >= 0.6 is 0 Å². The van der Waals surface area contributed by atoms with Crippen molar-refractivity contribution in [1.82, 2.24) is 4.98 Å². The molecule has 1 amide bonds. The lowest BCUT2D eigenvalue weighted by Crippen LogP contribution is -2.21. The van der Waals surface area contributed by atoms with E-state index < -0.39 is 0 Å². The normalized spacial score (nSPS) is 15.6. The van der Waals surface area contributed by atoms with Gasteiger partial charge < -0.3 is 10.1 Å². The Labute approximate surface area is 165 Å². The molecule has 0 aliphatic heterocycles. The second kappa shape index (κ2) is 8.13. The Kier molecular flexibility index (Phi) is 5.42. The Morgan fingerprint density at radius 1 is 1.14 bits per heavy atom. The number of nitrogens with one attached hydrogen (secondary N) is 1. The van der Waals surface area contributed by atoms with Gasteiger partial charge in [0.15, 0.2) is 0 Å². The summed E-state index contributed by atoms with van der Waals surface area (Å²) in [6.07, 6.45) is 10.6. The molecule has 2 aliphatic rings. The number of rotatable bonds is 6. The van der Waals surface area contributed by atoms with Crippen LogP contribution in [-0.4, -0.2) is 16.9 Å². The van der Waals surface area contributed by atoms with E-state index in [9.17, 15) is 9.59 Å². The molecular formula is C23H26N2O3. The number of aromatic nitrogens is 1. The lowest BCUT2D eigenvalue weighted by Gasteiger charge is -2.17. The molecule has 1 unspecified atom stereocenters. The second-order valence-electron chi connectivity index (χ2n) is 7.83. The van der Waals surface area contributed by atoms with Crippen LogP contribution in [0.3, 0.4) is 0 Å². The fourth-order valence-electron chi connectivity index (χ4n) is 4.26. The summed E-state index contributed by atoms with van der Waals surface area (Å²) >= 11 is 0. The van der Waals surface area contributed by atoms with E-state index in [1.165, 1.54) is 28.5 Å². The zero-order valence-corrected chi connectivity index (χ0v) is 16.3. The van der Waals surface area contributed by atoms with Crippen LogP contribution in [0.5, 0.6) is 5.75 Å². The van der Waals surface area contributed by atoms with Gasteiger partial charge in [-0.1, -0.05) is 13.0 Å². The third-order valence-corrected chi connectivity index (χ3v) is 5.80. The van der Waals surface area contributed by atoms with Crippen LogP contribution in [0.2, 0.25) is 0 Å². The van der Waals surface area contributed by atoms with E-state index in [0.717, 1.165) is 44.2 Å². The van der Waals surface area contributed by atoms with Gasteiger partial charge in [0.05, 0.1) is 12.1 Å². The monoisotopic (exact) mass is 378 g/mol. The number of pyridine rings is 1. The molecule has 0 saturated heterocycles. The molecule has 1 atom stereocenters. The van der Waals surface area contributed by atoms with E-state index in [2.05, 4.69) is 16.4 Å². The minimum Gasteiger partial charge on any atom is -0.425 e. The fraction of sp³-hybridized carbons (Fsp3) is 0.435. The van der Waals surface area contributed by atoms with Gasteiger partial charge in [0.1, 0.15) is 5.75 Å². The Bertz CT molecular complexity index is 860. The Morgan fingerprint density at radius 3 is 2.50 bits per heavy atom. The van der Waals surface area contributed by atoms with Crippen molar-refractivity contribution in [1.29, 1.82) is 0 Å². The number of benzene rings is 1. The molecule has 146 valence electrons. The third-order valence-electron chi connectivity index (χ3n) is 5.80. The standard InChI is InChI=1S/C23H26N2O3/c1-15(23(27)28-18-7-4-12-24-14-18)10-11-21(26)25-22-19-8-2-5-16(19)13-17-6-3-9-20(17)22/h4,7,12-15H,2-3,5-6,8-11H2,1H3,(H,25,26). The second-order valence-corrected chi connectivity index (χ2v) is 7.83. The molecule has 1 aromatic carbocycles. The maximum Gasteiger partial charge on any atom is 0.314 e. The number of ether oxygens (including phenoxy) is 1. The van der Waals surface area contributed by atoms with Crippen molar-refractivity contribution in [3.05, 3.63) is 52.8 Å². The van der Waals surface area contributed by atoms with Gasteiger partial charge in [-0.15, -0.1) is 0 Å². The summed E-state index contributed by atoms with van der Waals surface area (Å²) in [7, 11) is 0. The number of aryl methyl sites for hydroxylation is 2. The molecule has 1 N–H and O–H groups in total. The van der Waals surface area contributed by atoms with Crippen LogP contribution in [-0.2, 0) is 35.3 Å². The van der Waals surface area contributed by atoms with Crippen LogP contribution in [0.25, 0.3) is 0 Å². The number of amides is 1. The van der Waals surface area contributed by atoms with Gasteiger partial charge in [-0.25, -0.2) is 0 Å². The van der Waals surface area contributed by atoms with Crippen molar-refractivity contribution in [2.75, 3.05) is 5.32 Å². The minimum absolute atomic E-state index is 0.0181. The summed E-state index contributed by atoms with van der Waals surface area (Å²) in [5.41, 5.74) is 6.54. The molecule has 5 nitrogen and oxygen atoms in total. The van der Waals surface area contributed by atoms with Crippen molar-refractivity contribution in [2.24, 2.45) is 5.92 Å². The lowest BCUT2D eigenvalue weighted by molar-refractivity contribution is -0.138. The minimum atomic E-state index is -0.349. The maximum absolute atomic E-state index is 12.6. The summed E-state index contributed by atoms with van der Waals surface area (Å²) in [5, 5.41) is 3.19. The van der Waals surface area contributed by atoms with E-state index in [0.29, 0.717) is 18.6 Å². The molecule has 2 aromatic rings. The fourth-order valence-corrected chi connectivity index (χ4v) is 4.26. The molecule has 4 rings (SSSR count). The van der Waals surface area contributed by atoms with Crippen molar-refractivity contribution in [3.8, 4) is 5.75 Å². The van der Waals surface area contributed by atoms with Crippen LogP contribution in [0.4, 0.5) is 5.69 Å². The molecule has 2 aliphatic carbocycles. The Hall–Kier alpha value is -2.69. The number of anilines is 1. The van der Waals surface area contributed by atoms with Crippen LogP contribution < -0.4 is 10.1 Å². The number of hydrogen-bond acceptors (Lipinski definition) is 4. The lowest BCUT2D eigenvalue weighted by atomic mass is 9.98. The number of carbonyl (C=O) groups excluding carboxylic acids is 2. The van der Waals surface area contributed by atoms with Gasteiger partial charge >= 0.3 is 5.97 Å². The Balaban J connectivity index is 1.36. The van der Waals surface area contributed by atoms with Crippen molar-refractivity contribution in [2.45, 2.75) is 58.3 Å². The SMILES string of the molecule is CC(CCC(=O)Nc1c2c(cc3c1CCC3)CCC2)C(=O)Oc1cccnc1. The van der Waals surface area contributed by atoms with Crippen LogP contribution in [0.15, 0.2) is 30.6 Å². The van der Waals surface area contributed by atoms with Crippen molar-refractivity contribution >= 4 is 17.6 Å². The molecule has 0 bridgehead atoms. The van der Waals surface area contributed by atoms with E-state index in [1.807, 2.05) is 0 Å². The quantitative estimate of drug-likeness (QED) is 0.771. The highest BCUT2D eigenvalue weighted by molar-refractivity contribution is 5.93. The zero-order chi connectivity index (χ0) is 19.5. The molecular weight excluding hydrogens is 352 g/mol. The van der Waals surface area contributed by atoms with Gasteiger partial charge in [-0.3, -0.25) is 14.6 Å². The number of esters is 1. The third kappa shape index (κ3) is 3.93. The van der Waals surface area contributed by atoms with Gasteiger partial charge in [0, 0.05) is 18.3 Å². The molecule has 0 radical (unpaired) electrons. The first kappa shape index (κ1) is 18.7. The molecule has 1 aromatic heterocycles. The summed E-state index contributed by atoms with van der Waals surface area (Å²) < 4.78 is 5.31. The van der Waals surface area contributed by atoms with Gasteiger partial charge in [-0.2, -0.15) is 0 Å². The molecule has 5 heteroatoms. The van der Waals surface area contributed by atoms with Crippen LogP contribution in [0.1, 0.15) is 54.9 Å². The molecule has 0 fully saturated rings. The average molecular weight is 378 g/mol. The van der Waals surface area contributed by atoms with E-state index in [4.69, 9.17) is 4.74 Å². The molecule has 1 heterocycles. The average Bonchev–Trinajstić information content (AvgIpc) is 3.36. The number of hydrogen-bond donors (Lipinski definition) is 1. The van der Waals surface area contributed by atoms with Gasteiger partial charge in [-0.05, 0) is 79.3 Å². The Morgan fingerprint density at radius 2 is 1.86 bits per heavy atom. The number of fused-ring (bicyclic) bond motifs is 2.